The van der Waals surface area contributed by atoms with Crippen molar-refractivity contribution in [2.75, 3.05) is 33.9 Å². The van der Waals surface area contributed by atoms with E-state index in [0.717, 1.165) is 25.1 Å². The molecule has 2 rings (SSSR count). The molecule has 1 atom stereocenters. The first-order chi connectivity index (χ1) is 10.5. The Morgan fingerprint density at radius 3 is 2.57 bits per heavy atom. The van der Waals surface area contributed by atoms with Crippen LogP contribution in [0.3, 0.4) is 0 Å². The van der Waals surface area contributed by atoms with Crippen LogP contribution < -0.4 is 20.1 Å². The molecule has 1 fully saturated rings. The minimum atomic E-state index is -0.179. The van der Waals surface area contributed by atoms with E-state index >= 15 is 0 Å². The fourth-order valence-corrected chi connectivity index (χ4v) is 2.69. The van der Waals surface area contributed by atoms with E-state index < -0.39 is 0 Å². The third-order valence-electron chi connectivity index (χ3n) is 4.30. The Hall–Kier alpha value is -1.46. The van der Waals surface area contributed by atoms with E-state index in [4.69, 9.17) is 9.47 Å². The van der Waals surface area contributed by atoms with E-state index in [9.17, 15) is 4.79 Å². The van der Waals surface area contributed by atoms with E-state index in [1.54, 1.807) is 14.2 Å². The van der Waals surface area contributed by atoms with Crippen LogP contribution in [0.15, 0.2) is 18.2 Å². The van der Waals surface area contributed by atoms with Crippen LogP contribution in [0.5, 0.6) is 11.5 Å². The van der Waals surface area contributed by atoms with Crippen molar-refractivity contribution in [1.29, 1.82) is 0 Å². The molecule has 0 spiro atoms. The average molecular weight is 343 g/mol. The molecule has 1 unspecified atom stereocenters. The number of hydrogen-bond acceptors (Lipinski definition) is 4. The van der Waals surface area contributed by atoms with E-state index in [2.05, 4.69) is 24.5 Å². The van der Waals surface area contributed by atoms with E-state index in [-0.39, 0.29) is 29.6 Å². The highest BCUT2D eigenvalue weighted by atomic mass is 35.5. The van der Waals surface area contributed by atoms with Gasteiger partial charge in [-0.15, -0.1) is 12.4 Å². The van der Waals surface area contributed by atoms with Crippen LogP contribution in [-0.2, 0) is 10.2 Å². The first-order valence-corrected chi connectivity index (χ1v) is 7.69. The van der Waals surface area contributed by atoms with Crippen LogP contribution in [0, 0.1) is 5.92 Å². The molecule has 0 aliphatic carbocycles. The number of ether oxygens (including phenoxy) is 2. The molecule has 0 bridgehead atoms. The summed E-state index contributed by atoms with van der Waals surface area (Å²) in [5, 5.41) is 6.30. The topological polar surface area (TPSA) is 59.6 Å². The standard InChI is InChI=1S/C17H26N2O3.ClH/c1-17(2,11-19-16(20)12-7-8-18-10-12)13-5-6-14(21-3)15(9-13)22-4;/h5-6,9,12,18H,7-8,10-11H2,1-4H3,(H,19,20);1H. The number of methoxy groups -OCH3 is 2. The van der Waals surface area contributed by atoms with Crippen molar-refractivity contribution in [1.82, 2.24) is 10.6 Å². The second kappa shape index (κ2) is 8.41. The summed E-state index contributed by atoms with van der Waals surface area (Å²) >= 11 is 0. The van der Waals surface area contributed by atoms with Gasteiger partial charge in [0.25, 0.3) is 0 Å². The summed E-state index contributed by atoms with van der Waals surface area (Å²) in [6.07, 6.45) is 0.919. The first kappa shape index (κ1) is 19.6. The summed E-state index contributed by atoms with van der Waals surface area (Å²) in [5.41, 5.74) is 0.927. The summed E-state index contributed by atoms with van der Waals surface area (Å²) in [5.74, 6) is 1.65. The molecule has 0 saturated carbocycles. The Bertz CT molecular complexity index is 529. The van der Waals surface area contributed by atoms with Gasteiger partial charge in [0.15, 0.2) is 11.5 Å². The van der Waals surface area contributed by atoms with Crippen molar-refractivity contribution in [2.24, 2.45) is 5.92 Å². The lowest BCUT2D eigenvalue weighted by molar-refractivity contribution is -0.124. The zero-order valence-corrected chi connectivity index (χ0v) is 15.1. The van der Waals surface area contributed by atoms with Crippen molar-refractivity contribution in [3.8, 4) is 11.5 Å². The van der Waals surface area contributed by atoms with Crippen molar-refractivity contribution in [3.05, 3.63) is 23.8 Å². The summed E-state index contributed by atoms with van der Waals surface area (Å²) in [6.45, 7) is 6.53. The Kier molecular flexibility index (Phi) is 7.16. The van der Waals surface area contributed by atoms with E-state index in [0.29, 0.717) is 18.0 Å². The molecular weight excluding hydrogens is 316 g/mol. The maximum absolute atomic E-state index is 12.2. The molecule has 5 nitrogen and oxygen atoms in total. The molecule has 23 heavy (non-hydrogen) atoms. The monoisotopic (exact) mass is 342 g/mol. The summed E-state index contributed by atoms with van der Waals surface area (Å²) in [7, 11) is 3.25. The zero-order valence-electron chi connectivity index (χ0n) is 14.3. The Balaban J connectivity index is 0.00000264. The number of nitrogens with one attached hydrogen (secondary N) is 2. The van der Waals surface area contributed by atoms with Gasteiger partial charge in [0.1, 0.15) is 0 Å². The molecule has 1 aromatic carbocycles. The second-order valence-electron chi connectivity index (χ2n) is 6.36. The highest BCUT2D eigenvalue weighted by Gasteiger charge is 2.26. The molecule has 6 heteroatoms. The van der Waals surface area contributed by atoms with Crippen molar-refractivity contribution >= 4 is 18.3 Å². The molecule has 2 N–H and O–H groups in total. The highest BCUT2D eigenvalue weighted by Crippen LogP contribution is 2.32. The molecule has 1 aliphatic heterocycles. The van der Waals surface area contributed by atoms with Gasteiger partial charge in [-0.25, -0.2) is 0 Å². The highest BCUT2D eigenvalue weighted by molar-refractivity contribution is 5.85. The van der Waals surface area contributed by atoms with Gasteiger partial charge in [-0.2, -0.15) is 0 Å². The zero-order chi connectivity index (χ0) is 16.2. The number of benzene rings is 1. The van der Waals surface area contributed by atoms with Crippen molar-refractivity contribution < 1.29 is 14.3 Å². The van der Waals surface area contributed by atoms with Crippen molar-refractivity contribution in [3.63, 3.8) is 0 Å². The van der Waals surface area contributed by atoms with Gasteiger partial charge in [-0.1, -0.05) is 19.9 Å². The first-order valence-electron chi connectivity index (χ1n) is 7.69. The number of rotatable bonds is 6. The van der Waals surface area contributed by atoms with Crippen LogP contribution in [0.4, 0.5) is 0 Å². The summed E-state index contributed by atoms with van der Waals surface area (Å²) in [4.78, 5) is 12.2. The number of carbonyl (C=O) groups is 1. The third-order valence-corrected chi connectivity index (χ3v) is 4.30. The maximum atomic E-state index is 12.2. The molecule has 0 radical (unpaired) electrons. The lowest BCUT2D eigenvalue weighted by Gasteiger charge is -2.27. The third kappa shape index (κ3) is 4.75. The van der Waals surface area contributed by atoms with Crippen molar-refractivity contribution in [2.45, 2.75) is 25.7 Å². The predicted octanol–water partition coefficient (Wildman–Crippen LogP) is 2.13. The van der Waals surface area contributed by atoms with Gasteiger partial charge in [0.05, 0.1) is 20.1 Å². The molecular formula is C17H27ClN2O3. The Morgan fingerprint density at radius 1 is 1.30 bits per heavy atom. The predicted molar refractivity (Wildman–Crippen MR) is 93.8 cm³/mol. The SMILES string of the molecule is COc1ccc(C(C)(C)CNC(=O)C2CCNC2)cc1OC.Cl. The summed E-state index contributed by atoms with van der Waals surface area (Å²) in [6, 6.07) is 5.89. The van der Waals surface area contributed by atoms with Gasteiger partial charge >= 0.3 is 0 Å². The van der Waals surface area contributed by atoms with Gasteiger partial charge in [-0.3, -0.25) is 4.79 Å². The second-order valence-corrected chi connectivity index (χ2v) is 6.36. The van der Waals surface area contributed by atoms with Crippen LogP contribution in [-0.4, -0.2) is 39.8 Å². The smallest absolute Gasteiger partial charge is 0.224 e. The number of carbonyl (C=O) groups excluding carboxylic acids is 1. The average Bonchev–Trinajstić information content (AvgIpc) is 3.06. The number of hydrogen-bond donors (Lipinski definition) is 2. The van der Waals surface area contributed by atoms with Gasteiger partial charge in [0.2, 0.25) is 5.91 Å². The van der Waals surface area contributed by atoms with E-state index in [1.807, 2.05) is 18.2 Å². The minimum Gasteiger partial charge on any atom is -0.493 e. The molecule has 1 heterocycles. The van der Waals surface area contributed by atoms with Gasteiger partial charge in [0, 0.05) is 18.5 Å². The van der Waals surface area contributed by atoms with Gasteiger partial charge in [-0.05, 0) is 30.7 Å². The quantitative estimate of drug-likeness (QED) is 0.831. The minimum absolute atomic E-state index is 0. The fraction of sp³-hybridized carbons (Fsp3) is 0.588. The molecule has 130 valence electrons. The molecule has 1 saturated heterocycles. The molecule has 0 aromatic heterocycles. The number of amides is 1. The lowest BCUT2D eigenvalue weighted by atomic mass is 9.84. The molecule has 1 aliphatic rings. The van der Waals surface area contributed by atoms with Crippen LogP contribution in [0.1, 0.15) is 25.8 Å². The van der Waals surface area contributed by atoms with Crippen LogP contribution in [0.25, 0.3) is 0 Å². The van der Waals surface area contributed by atoms with Crippen LogP contribution >= 0.6 is 12.4 Å². The molecule has 1 aromatic rings. The summed E-state index contributed by atoms with van der Waals surface area (Å²) < 4.78 is 10.6. The Labute approximate surface area is 144 Å². The Morgan fingerprint density at radius 2 is 2.00 bits per heavy atom. The molecule has 1 amide bonds. The van der Waals surface area contributed by atoms with Crippen LogP contribution in [0.2, 0.25) is 0 Å². The normalized spacial score (nSPS) is 17.3. The maximum Gasteiger partial charge on any atom is 0.224 e. The van der Waals surface area contributed by atoms with E-state index in [1.165, 1.54) is 0 Å². The number of halogens is 1. The van der Waals surface area contributed by atoms with Gasteiger partial charge < -0.3 is 20.1 Å². The fourth-order valence-electron chi connectivity index (χ4n) is 2.69. The lowest BCUT2D eigenvalue weighted by Crippen LogP contribution is -2.40. The largest absolute Gasteiger partial charge is 0.493 e.